The van der Waals surface area contributed by atoms with Crippen LogP contribution in [-0.2, 0) is 9.59 Å². The molecule has 0 fully saturated rings. The maximum absolute atomic E-state index is 11.6. The van der Waals surface area contributed by atoms with Crippen LogP contribution in [0.1, 0.15) is 34.1 Å². The highest BCUT2D eigenvalue weighted by Gasteiger charge is 2.23. The Kier molecular flexibility index (Phi) is 6.72. The van der Waals surface area contributed by atoms with Gasteiger partial charge in [0.15, 0.2) is 0 Å². The lowest BCUT2D eigenvalue weighted by atomic mass is 10.2. The first-order chi connectivity index (χ1) is 7.40. The zero-order valence-electron chi connectivity index (χ0n) is 10.5. The summed E-state index contributed by atoms with van der Waals surface area (Å²) in [6.45, 7) is 8.56. The van der Waals surface area contributed by atoms with Gasteiger partial charge in [-0.2, -0.15) is 0 Å². The predicted molar refractivity (Wildman–Crippen MR) is 62.2 cm³/mol. The van der Waals surface area contributed by atoms with Crippen molar-refractivity contribution in [2.75, 3.05) is 13.1 Å². The molecule has 0 rings (SSSR count). The number of carbonyl (C=O) groups excluding carboxylic acids is 1. The van der Waals surface area contributed by atoms with Crippen molar-refractivity contribution in [3.63, 3.8) is 0 Å². The third-order valence-electron chi connectivity index (χ3n) is 2.48. The van der Waals surface area contributed by atoms with Gasteiger partial charge in [-0.1, -0.05) is 0 Å². The summed E-state index contributed by atoms with van der Waals surface area (Å²) in [6, 6.07) is -0.142. The Hall–Kier alpha value is -1.10. The Balaban J connectivity index is 4.39. The molecule has 1 amide bonds. The second kappa shape index (κ2) is 7.22. The molecule has 2 N–H and O–H groups in total. The first kappa shape index (κ1) is 14.9. The fourth-order valence-corrected chi connectivity index (χ4v) is 1.60. The van der Waals surface area contributed by atoms with Crippen LogP contribution in [0.2, 0.25) is 0 Å². The molecule has 0 bridgehead atoms. The molecule has 0 aromatic carbocycles. The van der Waals surface area contributed by atoms with Crippen LogP contribution in [0.5, 0.6) is 0 Å². The molecule has 0 heterocycles. The van der Waals surface area contributed by atoms with Crippen LogP contribution in [0, 0.1) is 0 Å². The maximum atomic E-state index is 11.6. The van der Waals surface area contributed by atoms with Crippen molar-refractivity contribution < 1.29 is 14.7 Å². The lowest BCUT2D eigenvalue weighted by Gasteiger charge is -2.31. The van der Waals surface area contributed by atoms with Gasteiger partial charge < -0.3 is 10.4 Å². The largest absolute Gasteiger partial charge is 0.481 e. The number of nitrogens with zero attached hydrogens (tertiary/aromatic N) is 1. The van der Waals surface area contributed by atoms with Gasteiger partial charge in [0.2, 0.25) is 5.91 Å². The molecule has 0 aliphatic heterocycles. The zero-order chi connectivity index (χ0) is 12.7. The number of likely N-dealkylation sites (N-methyl/N-ethyl adjacent to an activating group) is 1. The van der Waals surface area contributed by atoms with Crippen LogP contribution in [-0.4, -0.2) is 47.1 Å². The molecule has 5 nitrogen and oxygen atoms in total. The molecule has 0 radical (unpaired) electrons. The van der Waals surface area contributed by atoms with E-state index >= 15 is 0 Å². The Labute approximate surface area is 96.8 Å². The van der Waals surface area contributed by atoms with Crippen molar-refractivity contribution in [3.8, 4) is 0 Å². The average Bonchev–Trinajstić information content (AvgIpc) is 2.17. The van der Waals surface area contributed by atoms with E-state index in [1.165, 1.54) is 0 Å². The van der Waals surface area contributed by atoms with Crippen LogP contribution >= 0.6 is 0 Å². The molecule has 0 aliphatic rings. The summed E-state index contributed by atoms with van der Waals surface area (Å²) in [4.78, 5) is 24.0. The maximum Gasteiger partial charge on any atom is 0.304 e. The summed E-state index contributed by atoms with van der Waals surface area (Å²) in [5.74, 6) is -0.893. The van der Waals surface area contributed by atoms with Crippen LogP contribution < -0.4 is 5.32 Å². The highest BCUT2D eigenvalue weighted by atomic mass is 16.4. The van der Waals surface area contributed by atoms with Crippen molar-refractivity contribution in [2.45, 2.75) is 46.2 Å². The van der Waals surface area contributed by atoms with Gasteiger partial charge in [-0.25, -0.2) is 0 Å². The number of hydrogen-bond acceptors (Lipinski definition) is 3. The van der Waals surface area contributed by atoms with E-state index in [9.17, 15) is 9.59 Å². The molecule has 1 atom stereocenters. The molecular formula is C11H22N2O3. The second-order valence-corrected chi connectivity index (χ2v) is 4.05. The van der Waals surface area contributed by atoms with Gasteiger partial charge in [0.25, 0.3) is 0 Å². The molecule has 0 aromatic heterocycles. The number of aliphatic carboxylic acids is 1. The summed E-state index contributed by atoms with van der Waals surface area (Å²) in [5.41, 5.74) is 0. The van der Waals surface area contributed by atoms with Crippen molar-refractivity contribution in [1.82, 2.24) is 10.2 Å². The van der Waals surface area contributed by atoms with E-state index in [2.05, 4.69) is 5.32 Å². The first-order valence-electron chi connectivity index (χ1n) is 5.65. The first-order valence-corrected chi connectivity index (χ1v) is 5.65. The number of hydrogen-bond donors (Lipinski definition) is 2. The van der Waals surface area contributed by atoms with Crippen molar-refractivity contribution in [3.05, 3.63) is 0 Å². The van der Waals surface area contributed by atoms with Crippen LogP contribution in [0.15, 0.2) is 0 Å². The zero-order valence-corrected chi connectivity index (χ0v) is 10.5. The minimum absolute atomic E-state index is 0.0541. The van der Waals surface area contributed by atoms with E-state index in [-0.39, 0.29) is 24.4 Å². The SMILES string of the molecule is CCNC(=O)C(C)N(CCC(=O)O)C(C)C. The monoisotopic (exact) mass is 230 g/mol. The van der Waals surface area contributed by atoms with Crippen molar-refractivity contribution in [1.29, 1.82) is 0 Å². The van der Waals surface area contributed by atoms with E-state index in [1.54, 1.807) is 6.92 Å². The third-order valence-corrected chi connectivity index (χ3v) is 2.48. The van der Waals surface area contributed by atoms with Crippen LogP contribution in [0.4, 0.5) is 0 Å². The van der Waals surface area contributed by atoms with Crippen LogP contribution in [0.25, 0.3) is 0 Å². The minimum Gasteiger partial charge on any atom is -0.481 e. The standard InChI is InChI=1S/C11H22N2O3/c1-5-12-11(16)9(4)13(8(2)3)7-6-10(14)15/h8-9H,5-7H2,1-4H3,(H,12,16)(H,14,15). The summed E-state index contributed by atoms with van der Waals surface area (Å²) in [7, 11) is 0. The van der Waals surface area contributed by atoms with E-state index < -0.39 is 5.97 Å². The molecule has 5 heteroatoms. The van der Waals surface area contributed by atoms with Gasteiger partial charge in [-0.15, -0.1) is 0 Å². The van der Waals surface area contributed by atoms with Crippen molar-refractivity contribution >= 4 is 11.9 Å². The third kappa shape index (κ3) is 5.11. The predicted octanol–water partition coefficient (Wildman–Crippen LogP) is 0.696. The smallest absolute Gasteiger partial charge is 0.304 e. The Bertz CT molecular complexity index is 241. The molecular weight excluding hydrogens is 208 g/mol. The average molecular weight is 230 g/mol. The number of carboxylic acids is 1. The van der Waals surface area contributed by atoms with Gasteiger partial charge in [0.1, 0.15) is 0 Å². The van der Waals surface area contributed by atoms with Crippen molar-refractivity contribution in [2.24, 2.45) is 0 Å². The van der Waals surface area contributed by atoms with Gasteiger partial charge in [-0.3, -0.25) is 14.5 Å². The Morgan fingerprint density at radius 3 is 2.25 bits per heavy atom. The molecule has 0 spiro atoms. The lowest BCUT2D eigenvalue weighted by Crippen LogP contribution is -2.48. The van der Waals surface area contributed by atoms with Gasteiger partial charge in [-0.05, 0) is 27.7 Å². The Morgan fingerprint density at radius 2 is 1.88 bits per heavy atom. The second-order valence-electron chi connectivity index (χ2n) is 4.05. The van der Waals surface area contributed by atoms with Gasteiger partial charge >= 0.3 is 5.97 Å². The summed E-state index contributed by atoms with van der Waals surface area (Å²) in [5, 5.41) is 11.4. The molecule has 0 aliphatic carbocycles. The van der Waals surface area contributed by atoms with E-state index in [0.717, 1.165) is 0 Å². The van der Waals surface area contributed by atoms with E-state index in [4.69, 9.17) is 5.11 Å². The van der Waals surface area contributed by atoms with E-state index in [1.807, 2.05) is 25.7 Å². The Morgan fingerprint density at radius 1 is 1.31 bits per heavy atom. The van der Waals surface area contributed by atoms with E-state index in [0.29, 0.717) is 13.1 Å². The van der Waals surface area contributed by atoms with Gasteiger partial charge in [0.05, 0.1) is 12.5 Å². The number of nitrogens with one attached hydrogen (secondary N) is 1. The summed E-state index contributed by atoms with van der Waals surface area (Å²) >= 11 is 0. The minimum atomic E-state index is -0.839. The number of carboxylic acid groups (broad SMARTS) is 1. The van der Waals surface area contributed by atoms with Gasteiger partial charge in [0, 0.05) is 19.1 Å². The molecule has 0 aromatic rings. The molecule has 16 heavy (non-hydrogen) atoms. The highest BCUT2D eigenvalue weighted by Crippen LogP contribution is 2.06. The highest BCUT2D eigenvalue weighted by molar-refractivity contribution is 5.81. The molecule has 0 saturated heterocycles. The number of carbonyl (C=O) groups is 2. The lowest BCUT2D eigenvalue weighted by molar-refractivity contribution is -0.138. The molecule has 94 valence electrons. The molecule has 1 unspecified atom stereocenters. The summed E-state index contributed by atoms with van der Waals surface area (Å²) < 4.78 is 0. The fourth-order valence-electron chi connectivity index (χ4n) is 1.60. The summed E-state index contributed by atoms with van der Waals surface area (Å²) in [6.07, 6.45) is 0.0575. The normalized spacial score (nSPS) is 12.9. The molecule has 0 saturated carbocycles. The fraction of sp³-hybridized carbons (Fsp3) is 0.818. The quantitative estimate of drug-likeness (QED) is 0.675. The topological polar surface area (TPSA) is 69.6 Å². The number of amides is 1. The number of rotatable bonds is 7. The van der Waals surface area contributed by atoms with Crippen LogP contribution in [0.3, 0.4) is 0 Å².